The van der Waals surface area contributed by atoms with Crippen molar-refractivity contribution >= 4 is 10.9 Å². The van der Waals surface area contributed by atoms with E-state index < -0.39 is 5.60 Å². The number of fused-ring (bicyclic) bond motifs is 1. The van der Waals surface area contributed by atoms with E-state index >= 15 is 0 Å². The zero-order valence-electron chi connectivity index (χ0n) is 17.2. The van der Waals surface area contributed by atoms with E-state index in [0.717, 1.165) is 26.2 Å². The first-order chi connectivity index (χ1) is 14.0. The molecule has 3 aromatic rings. The van der Waals surface area contributed by atoms with Crippen LogP contribution in [0.15, 0.2) is 48.5 Å². The lowest BCUT2D eigenvalue weighted by molar-refractivity contribution is -0.0302. The van der Waals surface area contributed by atoms with Gasteiger partial charge in [0, 0.05) is 55.4 Å². The Morgan fingerprint density at radius 1 is 1.07 bits per heavy atom. The average molecular weight is 397 g/mol. The summed E-state index contributed by atoms with van der Waals surface area (Å²) >= 11 is 0. The Labute approximate surface area is 171 Å². The van der Waals surface area contributed by atoms with Gasteiger partial charge in [-0.05, 0) is 37.5 Å². The van der Waals surface area contributed by atoms with Gasteiger partial charge in [-0.25, -0.2) is 4.39 Å². The third-order valence-electron chi connectivity index (χ3n) is 6.32. The number of hydrogen-bond donors (Lipinski definition) is 1. The van der Waals surface area contributed by atoms with Gasteiger partial charge in [-0.1, -0.05) is 36.4 Å². The van der Waals surface area contributed by atoms with Gasteiger partial charge in [-0.3, -0.25) is 4.90 Å². The SMILES string of the molecule is COCCn1c(C)c(CN2CCC(O)(c3ccccc3F)CC2)c2ccccc21. The van der Waals surface area contributed by atoms with Gasteiger partial charge in [0.15, 0.2) is 0 Å². The molecule has 0 bridgehead atoms. The zero-order valence-corrected chi connectivity index (χ0v) is 17.2. The summed E-state index contributed by atoms with van der Waals surface area (Å²) in [6, 6.07) is 15.1. The molecule has 154 valence electrons. The molecule has 0 saturated carbocycles. The maximum atomic E-state index is 14.2. The molecule has 2 aromatic carbocycles. The van der Waals surface area contributed by atoms with Crippen molar-refractivity contribution in [3.63, 3.8) is 0 Å². The fourth-order valence-corrected chi connectivity index (χ4v) is 4.59. The molecule has 1 aromatic heterocycles. The van der Waals surface area contributed by atoms with Crippen molar-refractivity contribution < 1.29 is 14.2 Å². The number of aromatic nitrogens is 1. The first kappa shape index (κ1) is 20.1. The van der Waals surface area contributed by atoms with Crippen LogP contribution in [0.4, 0.5) is 4.39 Å². The standard InChI is InChI=1S/C24H29FN2O2/c1-18-20(19-7-3-6-10-23(19)27(18)15-16-29-2)17-26-13-11-24(28,12-14-26)21-8-4-5-9-22(21)25/h3-10,28H,11-17H2,1-2H3. The van der Waals surface area contributed by atoms with Gasteiger partial charge in [-0.2, -0.15) is 0 Å². The molecule has 1 saturated heterocycles. The maximum absolute atomic E-state index is 14.2. The molecule has 5 heteroatoms. The number of nitrogens with zero attached hydrogens (tertiary/aromatic N) is 2. The van der Waals surface area contributed by atoms with Crippen molar-refractivity contribution in [2.24, 2.45) is 0 Å². The molecule has 4 rings (SSSR count). The number of benzene rings is 2. The molecule has 1 N–H and O–H groups in total. The number of ether oxygens (including phenoxy) is 1. The van der Waals surface area contributed by atoms with Gasteiger partial charge in [0.2, 0.25) is 0 Å². The van der Waals surface area contributed by atoms with Gasteiger partial charge >= 0.3 is 0 Å². The molecular formula is C24H29FN2O2. The van der Waals surface area contributed by atoms with Crippen molar-refractivity contribution in [1.82, 2.24) is 9.47 Å². The average Bonchev–Trinajstić information content (AvgIpc) is 2.99. The van der Waals surface area contributed by atoms with Crippen LogP contribution in [0.5, 0.6) is 0 Å². The number of para-hydroxylation sites is 1. The van der Waals surface area contributed by atoms with Gasteiger partial charge in [0.05, 0.1) is 12.2 Å². The number of aliphatic hydroxyl groups is 1. The van der Waals surface area contributed by atoms with Crippen molar-refractivity contribution in [2.45, 2.75) is 38.5 Å². The van der Waals surface area contributed by atoms with Crippen molar-refractivity contribution in [2.75, 3.05) is 26.8 Å². The molecule has 2 heterocycles. The second-order valence-corrected chi connectivity index (χ2v) is 8.01. The van der Waals surface area contributed by atoms with E-state index in [1.807, 2.05) is 0 Å². The van der Waals surface area contributed by atoms with Crippen LogP contribution in [0.1, 0.15) is 29.7 Å². The van der Waals surface area contributed by atoms with Crippen molar-refractivity contribution in [1.29, 1.82) is 0 Å². The molecule has 0 amide bonds. The predicted molar refractivity (Wildman–Crippen MR) is 113 cm³/mol. The highest BCUT2D eigenvalue weighted by Crippen LogP contribution is 2.35. The number of rotatable bonds is 6. The summed E-state index contributed by atoms with van der Waals surface area (Å²) in [5, 5.41) is 12.3. The number of halogens is 1. The summed E-state index contributed by atoms with van der Waals surface area (Å²) in [5.74, 6) is -0.319. The molecule has 0 atom stereocenters. The lowest BCUT2D eigenvalue weighted by Crippen LogP contribution is -2.42. The Morgan fingerprint density at radius 2 is 1.76 bits per heavy atom. The topological polar surface area (TPSA) is 37.6 Å². The van der Waals surface area contributed by atoms with Gasteiger partial charge in [-0.15, -0.1) is 0 Å². The van der Waals surface area contributed by atoms with Crippen LogP contribution in [0, 0.1) is 12.7 Å². The second-order valence-electron chi connectivity index (χ2n) is 8.01. The molecule has 1 aliphatic heterocycles. The van der Waals surface area contributed by atoms with E-state index in [0.29, 0.717) is 25.0 Å². The number of methoxy groups -OCH3 is 1. The summed E-state index contributed by atoms with van der Waals surface area (Å²) < 4.78 is 21.8. The van der Waals surface area contributed by atoms with Gasteiger partial charge < -0.3 is 14.4 Å². The molecule has 0 aliphatic carbocycles. The minimum absolute atomic E-state index is 0.319. The highest BCUT2D eigenvalue weighted by Gasteiger charge is 2.36. The van der Waals surface area contributed by atoms with Crippen LogP contribution < -0.4 is 0 Å². The normalized spacial score (nSPS) is 17.1. The third-order valence-corrected chi connectivity index (χ3v) is 6.32. The van der Waals surface area contributed by atoms with Gasteiger partial charge in [0.1, 0.15) is 5.82 Å². The highest BCUT2D eigenvalue weighted by molar-refractivity contribution is 5.85. The van der Waals surface area contributed by atoms with E-state index in [9.17, 15) is 9.50 Å². The van der Waals surface area contributed by atoms with Crippen LogP contribution in [0.3, 0.4) is 0 Å². The smallest absolute Gasteiger partial charge is 0.129 e. The highest BCUT2D eigenvalue weighted by atomic mass is 19.1. The Balaban J connectivity index is 1.53. The third kappa shape index (κ3) is 3.82. The summed E-state index contributed by atoms with van der Waals surface area (Å²) in [6.07, 6.45) is 1.07. The van der Waals surface area contributed by atoms with Crippen molar-refractivity contribution in [3.05, 3.63) is 71.2 Å². The summed E-state index contributed by atoms with van der Waals surface area (Å²) in [6.45, 7) is 5.99. The van der Waals surface area contributed by atoms with Crippen LogP contribution in [0.25, 0.3) is 10.9 Å². The molecule has 29 heavy (non-hydrogen) atoms. The maximum Gasteiger partial charge on any atom is 0.129 e. The molecule has 1 aliphatic rings. The minimum Gasteiger partial charge on any atom is -0.385 e. The Kier molecular flexibility index (Phi) is 5.72. The van der Waals surface area contributed by atoms with Crippen LogP contribution in [-0.4, -0.2) is 41.4 Å². The summed E-state index contributed by atoms with van der Waals surface area (Å²) in [5.41, 5.74) is 3.17. The van der Waals surface area contributed by atoms with Crippen LogP contribution in [-0.2, 0) is 23.4 Å². The predicted octanol–water partition coefficient (Wildman–Crippen LogP) is 4.22. The van der Waals surface area contributed by atoms with E-state index in [1.54, 1.807) is 25.3 Å². The number of hydrogen-bond acceptors (Lipinski definition) is 3. The Bertz CT molecular complexity index is 990. The molecule has 0 unspecified atom stereocenters. The Morgan fingerprint density at radius 3 is 2.48 bits per heavy atom. The van der Waals surface area contributed by atoms with Gasteiger partial charge in [0.25, 0.3) is 0 Å². The fraction of sp³-hybridized carbons (Fsp3) is 0.417. The van der Waals surface area contributed by atoms with E-state index in [-0.39, 0.29) is 5.82 Å². The molecule has 4 nitrogen and oxygen atoms in total. The Hall–Kier alpha value is -2.21. The second kappa shape index (κ2) is 8.27. The fourth-order valence-electron chi connectivity index (χ4n) is 4.59. The van der Waals surface area contributed by atoms with Crippen LogP contribution in [0.2, 0.25) is 0 Å². The number of likely N-dealkylation sites (tertiary alicyclic amines) is 1. The summed E-state index contributed by atoms with van der Waals surface area (Å²) in [4.78, 5) is 2.37. The van der Waals surface area contributed by atoms with Crippen molar-refractivity contribution in [3.8, 4) is 0 Å². The lowest BCUT2D eigenvalue weighted by atomic mass is 9.84. The monoisotopic (exact) mass is 396 g/mol. The largest absolute Gasteiger partial charge is 0.385 e. The van der Waals surface area contributed by atoms with Crippen LogP contribution >= 0.6 is 0 Å². The van der Waals surface area contributed by atoms with E-state index in [1.165, 1.54) is 28.2 Å². The molecule has 1 fully saturated rings. The molecule has 0 spiro atoms. The molecule has 0 radical (unpaired) electrons. The lowest BCUT2D eigenvalue weighted by Gasteiger charge is -2.38. The zero-order chi connectivity index (χ0) is 20.4. The quantitative estimate of drug-likeness (QED) is 0.678. The number of piperidine rings is 1. The molecular weight excluding hydrogens is 367 g/mol. The minimum atomic E-state index is -1.08. The van der Waals surface area contributed by atoms with E-state index in [2.05, 4.69) is 40.7 Å². The van der Waals surface area contributed by atoms with E-state index in [4.69, 9.17) is 4.74 Å². The first-order valence-corrected chi connectivity index (χ1v) is 10.3. The first-order valence-electron chi connectivity index (χ1n) is 10.3. The summed E-state index contributed by atoms with van der Waals surface area (Å²) in [7, 11) is 1.73.